The number of hydrogen-bond acceptors (Lipinski definition) is 9. The van der Waals surface area contributed by atoms with E-state index in [1.165, 1.54) is 11.4 Å². The summed E-state index contributed by atoms with van der Waals surface area (Å²) >= 11 is 0. The maximum atomic E-state index is 13.8. The van der Waals surface area contributed by atoms with Crippen molar-refractivity contribution in [2.24, 2.45) is 11.3 Å². The molecular weight excluding hydrogens is 581 g/mol. The third-order valence-corrected chi connectivity index (χ3v) is 8.12. The minimum atomic E-state index is -4.54. The van der Waals surface area contributed by atoms with Gasteiger partial charge < -0.3 is 15.2 Å². The van der Waals surface area contributed by atoms with Crippen LogP contribution in [0, 0.1) is 11.3 Å². The van der Waals surface area contributed by atoms with Crippen molar-refractivity contribution in [2.75, 3.05) is 24.0 Å². The van der Waals surface area contributed by atoms with Crippen LogP contribution in [0.15, 0.2) is 85.5 Å². The Bertz CT molecular complexity index is 1640. The molecular formula is C31H38N7O5P. The second kappa shape index (κ2) is 13.3. The predicted molar refractivity (Wildman–Crippen MR) is 168 cm³/mol. The number of nitrogens with zero attached hydrogens (tertiary/aromatic N) is 5. The molecule has 13 heteroatoms. The zero-order chi connectivity index (χ0) is 31.3. The molecule has 0 bridgehead atoms. The summed E-state index contributed by atoms with van der Waals surface area (Å²) in [5.74, 6) is -0.572. The fourth-order valence-electron chi connectivity index (χ4n) is 4.94. The third-order valence-electron chi connectivity index (χ3n) is 7.11. The zero-order valence-electron chi connectivity index (χ0n) is 25.0. The number of fused-ring (bicyclic) bond motifs is 1. The molecule has 12 nitrogen and oxygen atoms in total. The van der Waals surface area contributed by atoms with E-state index in [0.29, 0.717) is 35.7 Å². The molecule has 232 valence electrons. The minimum Gasteiger partial charge on any atom is -0.382 e. The maximum Gasteiger partial charge on any atom is 0.432 e. The Labute approximate surface area is 256 Å². The number of nitrogens with one attached hydrogen (secondary N) is 1. The number of benzene rings is 2. The molecule has 1 aliphatic carbocycles. The smallest absolute Gasteiger partial charge is 0.382 e. The number of nitrogens with two attached hydrogens (primary N) is 1. The Morgan fingerprint density at radius 1 is 1.11 bits per heavy atom. The number of nitrogen functional groups attached to an aromatic ring is 1. The number of amides is 1. The zero-order valence-corrected chi connectivity index (χ0v) is 25.9. The molecule has 0 fully saturated rings. The Morgan fingerprint density at radius 2 is 1.82 bits per heavy atom. The minimum absolute atomic E-state index is 0.0723. The Balaban J connectivity index is 1.28. The summed E-state index contributed by atoms with van der Waals surface area (Å²) in [7, 11) is -4.54. The molecule has 0 saturated heterocycles. The largest absolute Gasteiger partial charge is 0.432 e. The Morgan fingerprint density at radius 3 is 2.52 bits per heavy atom. The molecule has 5 rings (SSSR count). The summed E-state index contributed by atoms with van der Waals surface area (Å²) in [6, 6.07) is 17.6. The number of imidazole rings is 1. The number of para-hydroxylation sites is 1. The summed E-state index contributed by atoms with van der Waals surface area (Å²) in [5.41, 5.74) is 8.34. The number of carbonyl (C=O) groups excluding carboxylic acids is 1. The molecule has 2 aromatic carbocycles. The van der Waals surface area contributed by atoms with E-state index in [2.05, 4.69) is 20.0 Å². The van der Waals surface area contributed by atoms with E-state index in [4.69, 9.17) is 15.1 Å². The number of anilines is 2. The summed E-state index contributed by atoms with van der Waals surface area (Å²) < 4.78 is 20.5. The second-order valence-electron chi connectivity index (χ2n) is 12.0. The number of allylic oxidation sites excluding steroid dienone is 1. The molecule has 0 radical (unpaired) electrons. The molecule has 0 spiro atoms. The van der Waals surface area contributed by atoms with Gasteiger partial charge in [-0.1, -0.05) is 81.5 Å². The van der Waals surface area contributed by atoms with E-state index in [9.17, 15) is 14.3 Å². The van der Waals surface area contributed by atoms with Crippen LogP contribution in [0.25, 0.3) is 11.2 Å². The van der Waals surface area contributed by atoms with Crippen molar-refractivity contribution in [1.29, 1.82) is 0 Å². The molecule has 2 heterocycles. The summed E-state index contributed by atoms with van der Waals surface area (Å²) in [4.78, 5) is 43.3. The van der Waals surface area contributed by atoms with Gasteiger partial charge in [-0.2, -0.15) is 0 Å². The monoisotopic (exact) mass is 619 g/mol. The average molecular weight is 620 g/mol. The van der Waals surface area contributed by atoms with E-state index in [-0.39, 0.29) is 30.4 Å². The topological polar surface area (TPSA) is 158 Å². The lowest BCUT2D eigenvalue weighted by atomic mass is 9.99. The number of hydrogen-bond donors (Lipinski definition) is 3. The highest BCUT2D eigenvalue weighted by Crippen LogP contribution is 2.40. The molecule has 0 saturated carbocycles. The quantitative estimate of drug-likeness (QED) is 0.114. The van der Waals surface area contributed by atoms with Crippen molar-refractivity contribution < 1.29 is 23.6 Å². The van der Waals surface area contributed by atoms with Crippen LogP contribution in [-0.2, 0) is 25.1 Å². The van der Waals surface area contributed by atoms with Gasteiger partial charge in [-0.05, 0) is 29.5 Å². The van der Waals surface area contributed by atoms with Crippen LogP contribution >= 0.6 is 7.75 Å². The van der Waals surface area contributed by atoms with Gasteiger partial charge >= 0.3 is 7.75 Å². The van der Waals surface area contributed by atoms with Gasteiger partial charge in [0.25, 0.3) is 5.91 Å². The van der Waals surface area contributed by atoms with Crippen molar-refractivity contribution >= 4 is 36.3 Å². The Kier molecular flexibility index (Phi) is 9.45. The number of hydroxylamine groups is 1. The van der Waals surface area contributed by atoms with Gasteiger partial charge in [0, 0.05) is 12.3 Å². The van der Waals surface area contributed by atoms with Crippen LogP contribution < -0.4 is 15.9 Å². The number of rotatable bonds is 12. The van der Waals surface area contributed by atoms with E-state index >= 15 is 0 Å². The molecule has 2 aromatic heterocycles. The van der Waals surface area contributed by atoms with Crippen LogP contribution in [0.1, 0.15) is 38.8 Å². The predicted octanol–water partition coefficient (Wildman–Crippen LogP) is 4.85. The second-order valence-corrected chi connectivity index (χ2v) is 13.5. The van der Waals surface area contributed by atoms with Crippen molar-refractivity contribution in [3.8, 4) is 0 Å². The average Bonchev–Trinajstić information content (AvgIpc) is 3.64. The first kappa shape index (κ1) is 31.3. The van der Waals surface area contributed by atoms with Gasteiger partial charge in [0.15, 0.2) is 11.5 Å². The fourth-order valence-corrected chi connectivity index (χ4v) is 5.83. The summed E-state index contributed by atoms with van der Waals surface area (Å²) in [6.07, 6.45) is 7.73. The van der Waals surface area contributed by atoms with E-state index in [1.54, 1.807) is 6.33 Å². The van der Waals surface area contributed by atoms with Gasteiger partial charge in [0.2, 0.25) is 0 Å². The number of aromatic nitrogens is 4. The van der Waals surface area contributed by atoms with Crippen LogP contribution in [0.5, 0.6) is 0 Å². The van der Waals surface area contributed by atoms with Crippen molar-refractivity contribution in [3.63, 3.8) is 0 Å². The molecule has 4 aromatic rings. The summed E-state index contributed by atoms with van der Waals surface area (Å²) in [6.45, 7) is 6.32. The van der Waals surface area contributed by atoms with Gasteiger partial charge in [-0.25, -0.2) is 24.6 Å². The maximum absolute atomic E-state index is 13.8. The lowest BCUT2D eigenvalue weighted by Crippen LogP contribution is -2.48. The molecule has 1 aliphatic rings. The standard InChI is InChI=1S/C31H38N7O5P/c1-31(2,3)19-42-38(24-12-8-5-9-13-24)26(17-22-10-6-4-7-11-22)30(39)36-44(40,41)43-18-23-14-15-25(16-23)37-21-35-27-28(32)33-20-34-29(27)37/h4-15,20-21,23,25-26H,16-19H2,1-3H3,(H2,32,33,34)(H2,36,39,40,41)/t23?,25?,26-/m0/s1. The molecule has 4 N–H and O–H groups in total. The Hall–Kier alpha value is -4.09. The first-order valence-electron chi connectivity index (χ1n) is 14.4. The van der Waals surface area contributed by atoms with E-state index < -0.39 is 19.7 Å². The van der Waals surface area contributed by atoms with Crippen molar-refractivity contribution in [3.05, 3.63) is 91.0 Å². The molecule has 44 heavy (non-hydrogen) atoms. The lowest BCUT2D eigenvalue weighted by molar-refractivity contribution is -0.123. The van der Waals surface area contributed by atoms with Gasteiger partial charge in [0.05, 0.1) is 31.3 Å². The highest BCUT2D eigenvalue weighted by Gasteiger charge is 2.35. The fraction of sp³-hybridized carbons (Fsp3) is 0.355. The molecule has 1 amide bonds. The van der Waals surface area contributed by atoms with Crippen LogP contribution in [0.4, 0.5) is 11.5 Å². The normalized spacial score (nSPS) is 18.6. The van der Waals surface area contributed by atoms with E-state index in [1.807, 2.05) is 98.2 Å². The van der Waals surface area contributed by atoms with Gasteiger partial charge in [-0.3, -0.25) is 19.2 Å². The van der Waals surface area contributed by atoms with Crippen molar-refractivity contribution in [1.82, 2.24) is 24.6 Å². The van der Waals surface area contributed by atoms with E-state index in [0.717, 1.165) is 5.56 Å². The van der Waals surface area contributed by atoms with Crippen LogP contribution in [0.3, 0.4) is 0 Å². The molecule has 3 unspecified atom stereocenters. The van der Waals surface area contributed by atoms with Crippen molar-refractivity contribution in [2.45, 2.75) is 45.7 Å². The lowest BCUT2D eigenvalue weighted by Gasteiger charge is -2.34. The van der Waals surface area contributed by atoms with Gasteiger partial charge in [0.1, 0.15) is 17.9 Å². The SMILES string of the molecule is CC(C)(C)CON(c1ccccc1)[C@@H](Cc1ccccc1)C(=O)NP(=O)(O)OCC1C=CC(n2cnc3c(N)ncnc32)C1. The number of carbonyl (C=O) groups is 1. The third kappa shape index (κ3) is 7.89. The molecule has 0 aliphatic heterocycles. The van der Waals surface area contributed by atoms with Crippen LogP contribution in [0.2, 0.25) is 0 Å². The first-order valence-corrected chi connectivity index (χ1v) is 16.0. The highest BCUT2D eigenvalue weighted by molar-refractivity contribution is 7.51. The van der Waals surface area contributed by atoms with Crippen LogP contribution in [-0.4, -0.2) is 49.6 Å². The van der Waals surface area contributed by atoms with Gasteiger partial charge in [-0.15, -0.1) is 0 Å². The first-order chi connectivity index (χ1) is 21.0. The highest BCUT2D eigenvalue weighted by atomic mass is 31.2. The summed E-state index contributed by atoms with van der Waals surface area (Å²) in [5, 5.41) is 3.79. The molecule has 4 atom stereocenters.